The van der Waals surface area contributed by atoms with E-state index in [4.69, 9.17) is 0 Å². The van der Waals surface area contributed by atoms with Crippen molar-refractivity contribution in [3.05, 3.63) is 71.3 Å². The average molecular weight is 537 g/mol. The fourth-order valence-corrected chi connectivity index (χ4v) is 2.77. The van der Waals surface area contributed by atoms with E-state index in [1.54, 1.807) is 27.2 Å². The van der Waals surface area contributed by atoms with E-state index >= 15 is 0 Å². The zero-order chi connectivity index (χ0) is 21.8. The monoisotopic (exact) mass is 537 g/mol. The molecule has 2 rings (SSSR count). The number of nitrogens with zero attached hydrogens (tertiary/aromatic N) is 2. The van der Waals surface area contributed by atoms with Gasteiger partial charge in [0.15, 0.2) is 5.96 Å². The summed E-state index contributed by atoms with van der Waals surface area (Å²) in [5.74, 6) is 0.442. The molecule has 0 radical (unpaired) electrons. The second kappa shape index (κ2) is 14.4. The molecule has 31 heavy (non-hydrogen) atoms. The summed E-state index contributed by atoms with van der Waals surface area (Å²) in [6, 6.07) is 17.7. The summed E-state index contributed by atoms with van der Waals surface area (Å²) in [5.41, 5.74) is 2.93. The first kappa shape index (κ1) is 26.4. The van der Waals surface area contributed by atoms with Gasteiger partial charge >= 0.3 is 0 Å². The fourth-order valence-electron chi connectivity index (χ4n) is 2.77. The van der Waals surface area contributed by atoms with E-state index in [1.165, 1.54) is 10.5 Å². The highest BCUT2D eigenvalue weighted by Gasteiger charge is 2.06. The normalized spacial score (nSPS) is 10.6. The molecule has 168 valence electrons. The van der Waals surface area contributed by atoms with E-state index in [-0.39, 0.29) is 42.3 Å². The van der Waals surface area contributed by atoms with Gasteiger partial charge in [-0.05, 0) is 36.1 Å². The van der Waals surface area contributed by atoms with Gasteiger partial charge in [-0.2, -0.15) is 0 Å². The van der Waals surface area contributed by atoms with Crippen LogP contribution in [-0.2, 0) is 17.6 Å². The van der Waals surface area contributed by atoms with E-state index in [0.717, 1.165) is 18.4 Å². The van der Waals surface area contributed by atoms with Crippen LogP contribution in [0.25, 0.3) is 0 Å². The Morgan fingerprint density at radius 3 is 2.13 bits per heavy atom. The molecule has 0 fully saturated rings. The zero-order valence-corrected chi connectivity index (χ0v) is 20.7. The summed E-state index contributed by atoms with van der Waals surface area (Å²) in [4.78, 5) is 29.6. The van der Waals surface area contributed by atoms with Crippen LogP contribution >= 0.6 is 24.0 Å². The third-order valence-electron chi connectivity index (χ3n) is 4.54. The summed E-state index contributed by atoms with van der Waals surface area (Å²) in [5, 5.41) is 9.21. The maximum Gasteiger partial charge on any atom is 0.251 e. The Balaban J connectivity index is 0.00000480. The Hall–Kier alpha value is -2.62. The number of guanidine groups is 1. The molecule has 2 amide bonds. The lowest BCUT2D eigenvalue weighted by Crippen LogP contribution is -2.40. The molecule has 0 heterocycles. The topological polar surface area (TPSA) is 85.8 Å². The molecule has 3 N–H and O–H groups in total. The Labute approximate surface area is 201 Å². The van der Waals surface area contributed by atoms with Crippen LogP contribution in [0.2, 0.25) is 0 Å². The molecule has 0 aliphatic rings. The summed E-state index contributed by atoms with van der Waals surface area (Å²) >= 11 is 0. The zero-order valence-electron chi connectivity index (χ0n) is 18.4. The van der Waals surface area contributed by atoms with Crippen LogP contribution in [0.4, 0.5) is 0 Å². The SMILES string of the molecule is CNC(=O)c1cccc(CCNC(=NCC(=O)N(C)C)NCCc2ccccc2)c1.I. The van der Waals surface area contributed by atoms with Crippen LogP contribution in [0.15, 0.2) is 59.6 Å². The lowest BCUT2D eigenvalue weighted by atomic mass is 10.1. The van der Waals surface area contributed by atoms with E-state index in [0.29, 0.717) is 24.6 Å². The van der Waals surface area contributed by atoms with Gasteiger partial charge in [0.2, 0.25) is 5.91 Å². The van der Waals surface area contributed by atoms with Crippen molar-refractivity contribution in [2.75, 3.05) is 40.8 Å². The van der Waals surface area contributed by atoms with Crippen LogP contribution in [0.1, 0.15) is 21.5 Å². The molecule has 0 spiro atoms. The molecule has 0 saturated heterocycles. The predicted octanol–water partition coefficient (Wildman–Crippen LogP) is 2.07. The maximum absolute atomic E-state index is 11.9. The third-order valence-corrected chi connectivity index (χ3v) is 4.54. The lowest BCUT2D eigenvalue weighted by Gasteiger charge is -2.14. The second-order valence-electron chi connectivity index (χ2n) is 7.07. The van der Waals surface area contributed by atoms with E-state index < -0.39 is 0 Å². The number of hydrogen-bond acceptors (Lipinski definition) is 3. The minimum absolute atomic E-state index is 0. The van der Waals surface area contributed by atoms with Crippen molar-refractivity contribution in [3.63, 3.8) is 0 Å². The van der Waals surface area contributed by atoms with Gasteiger partial charge in [-0.15, -0.1) is 24.0 Å². The van der Waals surface area contributed by atoms with Gasteiger partial charge < -0.3 is 20.9 Å². The number of benzene rings is 2. The number of carbonyl (C=O) groups excluding carboxylic acids is 2. The second-order valence-corrected chi connectivity index (χ2v) is 7.07. The van der Waals surface area contributed by atoms with Gasteiger partial charge in [0.1, 0.15) is 6.54 Å². The smallest absolute Gasteiger partial charge is 0.251 e. The van der Waals surface area contributed by atoms with Crippen LogP contribution in [0.3, 0.4) is 0 Å². The van der Waals surface area contributed by atoms with Crippen molar-refractivity contribution >= 4 is 41.8 Å². The first-order valence-corrected chi connectivity index (χ1v) is 10.1. The first-order valence-electron chi connectivity index (χ1n) is 10.1. The van der Waals surface area contributed by atoms with Crippen molar-refractivity contribution in [1.29, 1.82) is 0 Å². The van der Waals surface area contributed by atoms with Gasteiger partial charge in [-0.3, -0.25) is 9.59 Å². The molecule has 0 atom stereocenters. The van der Waals surface area contributed by atoms with Gasteiger partial charge in [-0.1, -0.05) is 42.5 Å². The molecule has 0 aromatic heterocycles. The Kier molecular flexibility index (Phi) is 12.3. The summed E-state index contributed by atoms with van der Waals surface area (Å²) < 4.78 is 0. The number of likely N-dealkylation sites (N-methyl/N-ethyl adjacent to an activating group) is 1. The molecule has 0 saturated carbocycles. The molecule has 0 unspecified atom stereocenters. The Morgan fingerprint density at radius 2 is 1.52 bits per heavy atom. The molecule has 2 aromatic rings. The van der Waals surface area contributed by atoms with Gasteiger partial charge in [0, 0.05) is 39.8 Å². The summed E-state index contributed by atoms with van der Waals surface area (Å²) in [6.45, 7) is 1.42. The number of halogens is 1. The quantitative estimate of drug-likeness (QED) is 0.260. The highest BCUT2D eigenvalue weighted by atomic mass is 127. The van der Waals surface area contributed by atoms with Gasteiger partial charge in [0.05, 0.1) is 0 Å². The number of amides is 2. The van der Waals surface area contributed by atoms with Crippen LogP contribution in [-0.4, -0.2) is 63.5 Å². The first-order chi connectivity index (χ1) is 14.5. The van der Waals surface area contributed by atoms with E-state index in [2.05, 4.69) is 33.1 Å². The molecule has 7 nitrogen and oxygen atoms in total. The van der Waals surface area contributed by atoms with Crippen molar-refractivity contribution in [2.24, 2.45) is 4.99 Å². The number of rotatable bonds is 9. The van der Waals surface area contributed by atoms with Gasteiger partial charge in [0.25, 0.3) is 5.91 Å². The number of hydrogen-bond donors (Lipinski definition) is 3. The van der Waals surface area contributed by atoms with Crippen molar-refractivity contribution < 1.29 is 9.59 Å². The fraction of sp³-hybridized carbons (Fsp3) is 0.348. The number of carbonyl (C=O) groups is 2. The molecule has 2 aromatic carbocycles. The van der Waals surface area contributed by atoms with Crippen LogP contribution in [0, 0.1) is 0 Å². The largest absolute Gasteiger partial charge is 0.356 e. The van der Waals surface area contributed by atoms with Crippen molar-refractivity contribution in [3.8, 4) is 0 Å². The average Bonchev–Trinajstić information content (AvgIpc) is 2.77. The molecule has 0 aliphatic heterocycles. The lowest BCUT2D eigenvalue weighted by molar-refractivity contribution is -0.127. The highest BCUT2D eigenvalue weighted by Crippen LogP contribution is 2.05. The predicted molar refractivity (Wildman–Crippen MR) is 136 cm³/mol. The summed E-state index contributed by atoms with van der Waals surface area (Å²) in [7, 11) is 5.05. The van der Waals surface area contributed by atoms with Crippen LogP contribution in [0.5, 0.6) is 0 Å². The molecule has 0 aliphatic carbocycles. The minimum Gasteiger partial charge on any atom is -0.356 e. The summed E-state index contributed by atoms with van der Waals surface area (Å²) in [6.07, 6.45) is 1.59. The van der Waals surface area contributed by atoms with Crippen LogP contribution < -0.4 is 16.0 Å². The minimum atomic E-state index is -0.100. The van der Waals surface area contributed by atoms with Gasteiger partial charge in [-0.25, -0.2) is 4.99 Å². The Bertz CT molecular complexity index is 856. The standard InChI is InChI=1S/C23H31N5O2.HI/c1-24-22(30)20-11-7-10-19(16-20)13-15-26-23(27-17-21(29)28(2)3)25-14-12-18-8-5-4-6-9-18;/h4-11,16H,12-15,17H2,1-3H3,(H,24,30)(H2,25,26,27);1H. The number of nitrogens with one attached hydrogen (secondary N) is 3. The molecule has 0 bridgehead atoms. The molecular weight excluding hydrogens is 505 g/mol. The van der Waals surface area contributed by atoms with Crippen molar-refractivity contribution in [2.45, 2.75) is 12.8 Å². The number of aliphatic imine (C=N–C) groups is 1. The van der Waals surface area contributed by atoms with E-state index in [1.807, 2.05) is 36.4 Å². The Morgan fingerprint density at radius 1 is 0.903 bits per heavy atom. The molecular formula is C23H32IN5O2. The molecule has 8 heteroatoms. The van der Waals surface area contributed by atoms with E-state index in [9.17, 15) is 9.59 Å². The third kappa shape index (κ3) is 9.82. The highest BCUT2D eigenvalue weighted by molar-refractivity contribution is 14.0. The van der Waals surface area contributed by atoms with Crippen molar-refractivity contribution in [1.82, 2.24) is 20.9 Å². The maximum atomic E-state index is 11.9.